The molecule has 2 aromatic rings. The SMILES string of the molecule is CC1(C)CC(CC(=O)O)CN1S(=O)(=O)c1cc2ccccc2o1. The molecule has 1 aromatic heterocycles. The number of carboxylic acids is 1. The molecule has 0 spiro atoms. The molecule has 1 unspecified atom stereocenters. The number of fused-ring (bicyclic) bond motifs is 1. The molecule has 0 amide bonds. The minimum absolute atomic E-state index is 0.0322. The zero-order valence-electron chi connectivity index (χ0n) is 13.0. The second kappa shape index (κ2) is 5.35. The summed E-state index contributed by atoms with van der Waals surface area (Å²) in [5.41, 5.74) is -0.122. The average Bonchev–Trinajstić information content (AvgIpc) is 2.99. The molecule has 1 fully saturated rings. The lowest BCUT2D eigenvalue weighted by Crippen LogP contribution is -2.42. The fraction of sp³-hybridized carbons (Fsp3) is 0.438. The van der Waals surface area contributed by atoms with Crippen LogP contribution in [0.2, 0.25) is 0 Å². The van der Waals surface area contributed by atoms with Crippen LogP contribution in [-0.2, 0) is 14.8 Å². The number of benzene rings is 1. The van der Waals surface area contributed by atoms with Gasteiger partial charge in [-0.3, -0.25) is 4.79 Å². The first-order valence-electron chi connectivity index (χ1n) is 7.43. The van der Waals surface area contributed by atoms with E-state index in [-0.39, 0.29) is 24.0 Å². The van der Waals surface area contributed by atoms with Crippen LogP contribution in [-0.4, -0.2) is 35.9 Å². The molecule has 1 aromatic carbocycles. The minimum atomic E-state index is -3.80. The lowest BCUT2D eigenvalue weighted by molar-refractivity contribution is -0.138. The quantitative estimate of drug-likeness (QED) is 0.927. The van der Waals surface area contributed by atoms with Crippen LogP contribution in [0.1, 0.15) is 26.7 Å². The van der Waals surface area contributed by atoms with Crippen molar-refractivity contribution in [2.24, 2.45) is 5.92 Å². The molecule has 3 rings (SSSR count). The molecule has 1 saturated heterocycles. The van der Waals surface area contributed by atoms with E-state index in [2.05, 4.69) is 0 Å². The van der Waals surface area contributed by atoms with E-state index in [4.69, 9.17) is 9.52 Å². The van der Waals surface area contributed by atoms with Crippen molar-refractivity contribution in [1.29, 1.82) is 0 Å². The van der Waals surface area contributed by atoms with Gasteiger partial charge in [0.15, 0.2) is 0 Å². The molecule has 6 nitrogen and oxygen atoms in total. The van der Waals surface area contributed by atoms with Crippen molar-refractivity contribution in [1.82, 2.24) is 4.31 Å². The number of aliphatic carboxylic acids is 1. The number of nitrogens with zero attached hydrogens (tertiary/aromatic N) is 1. The lowest BCUT2D eigenvalue weighted by atomic mass is 9.95. The first kappa shape index (κ1) is 16.0. The number of hydrogen-bond acceptors (Lipinski definition) is 4. The Hall–Kier alpha value is -1.86. The molecule has 0 aliphatic carbocycles. The number of carbonyl (C=O) groups is 1. The summed E-state index contributed by atoms with van der Waals surface area (Å²) in [4.78, 5) is 10.9. The highest BCUT2D eigenvalue weighted by Crippen LogP contribution is 2.39. The van der Waals surface area contributed by atoms with Gasteiger partial charge in [0.1, 0.15) is 5.58 Å². The van der Waals surface area contributed by atoms with Crippen LogP contribution < -0.4 is 0 Å². The van der Waals surface area contributed by atoms with E-state index in [1.165, 1.54) is 10.4 Å². The van der Waals surface area contributed by atoms with Crippen LogP contribution in [0.25, 0.3) is 11.0 Å². The van der Waals surface area contributed by atoms with Crippen LogP contribution in [0.3, 0.4) is 0 Å². The van der Waals surface area contributed by atoms with Crippen LogP contribution in [0.15, 0.2) is 39.8 Å². The van der Waals surface area contributed by atoms with Gasteiger partial charge in [0.25, 0.3) is 10.0 Å². The lowest BCUT2D eigenvalue weighted by Gasteiger charge is -2.29. The molecule has 1 N–H and O–H groups in total. The predicted molar refractivity (Wildman–Crippen MR) is 84.5 cm³/mol. The van der Waals surface area contributed by atoms with Gasteiger partial charge < -0.3 is 9.52 Å². The molecule has 23 heavy (non-hydrogen) atoms. The molecule has 0 bridgehead atoms. The van der Waals surface area contributed by atoms with Crippen LogP contribution in [0, 0.1) is 5.92 Å². The molecular formula is C16H19NO5S. The fourth-order valence-electron chi connectivity index (χ4n) is 3.35. The van der Waals surface area contributed by atoms with Gasteiger partial charge in [0.2, 0.25) is 5.09 Å². The monoisotopic (exact) mass is 337 g/mol. The maximum Gasteiger partial charge on any atom is 0.303 e. The third kappa shape index (κ3) is 2.86. The summed E-state index contributed by atoms with van der Waals surface area (Å²) in [5, 5.41) is 9.59. The average molecular weight is 337 g/mol. The van der Waals surface area contributed by atoms with Crippen molar-refractivity contribution in [3.05, 3.63) is 30.3 Å². The van der Waals surface area contributed by atoms with E-state index >= 15 is 0 Å². The fourth-order valence-corrected chi connectivity index (χ4v) is 5.18. The first-order valence-corrected chi connectivity index (χ1v) is 8.87. The van der Waals surface area contributed by atoms with Crippen molar-refractivity contribution in [3.8, 4) is 0 Å². The highest BCUT2D eigenvalue weighted by molar-refractivity contribution is 7.89. The molecule has 0 radical (unpaired) electrons. The molecule has 124 valence electrons. The minimum Gasteiger partial charge on any atom is -0.481 e. The molecule has 1 aliphatic heterocycles. The van der Waals surface area contributed by atoms with Gasteiger partial charge in [-0.2, -0.15) is 4.31 Å². The van der Waals surface area contributed by atoms with Gasteiger partial charge in [-0.25, -0.2) is 8.42 Å². The molecule has 2 heterocycles. The van der Waals surface area contributed by atoms with Gasteiger partial charge >= 0.3 is 5.97 Å². The van der Waals surface area contributed by atoms with Crippen LogP contribution in [0.5, 0.6) is 0 Å². The van der Waals surface area contributed by atoms with Gasteiger partial charge in [-0.05, 0) is 32.3 Å². The molecule has 1 aliphatic rings. The van der Waals surface area contributed by atoms with E-state index < -0.39 is 21.5 Å². The van der Waals surface area contributed by atoms with Crippen LogP contribution in [0.4, 0.5) is 0 Å². The normalized spacial score (nSPS) is 21.7. The van der Waals surface area contributed by atoms with Gasteiger partial charge in [0, 0.05) is 30.0 Å². The predicted octanol–water partition coefficient (Wildman–Crippen LogP) is 2.70. The summed E-state index contributed by atoms with van der Waals surface area (Å²) in [6.45, 7) is 3.82. The Labute approximate surface area is 134 Å². The summed E-state index contributed by atoms with van der Waals surface area (Å²) in [6.07, 6.45) is 0.480. The zero-order chi connectivity index (χ0) is 16.8. The zero-order valence-corrected chi connectivity index (χ0v) is 13.8. The second-order valence-electron chi connectivity index (χ2n) is 6.62. The number of rotatable bonds is 4. The summed E-state index contributed by atoms with van der Waals surface area (Å²) < 4.78 is 32.7. The number of hydrogen-bond donors (Lipinski definition) is 1. The summed E-state index contributed by atoms with van der Waals surface area (Å²) in [6, 6.07) is 8.63. The van der Waals surface area contributed by atoms with E-state index in [1.54, 1.807) is 18.2 Å². The third-order valence-electron chi connectivity index (χ3n) is 4.30. The summed E-state index contributed by atoms with van der Waals surface area (Å²) >= 11 is 0. The Balaban J connectivity index is 1.96. The Kier molecular flexibility index (Phi) is 3.72. The topological polar surface area (TPSA) is 87.8 Å². The van der Waals surface area contributed by atoms with Gasteiger partial charge in [0.05, 0.1) is 0 Å². The Bertz CT molecular complexity index is 819. The highest BCUT2D eigenvalue weighted by Gasteiger charge is 2.47. The molecule has 1 atom stereocenters. The molecule has 7 heteroatoms. The Morgan fingerprint density at radius 3 is 2.74 bits per heavy atom. The molecular weight excluding hydrogens is 318 g/mol. The summed E-state index contributed by atoms with van der Waals surface area (Å²) in [7, 11) is -3.80. The second-order valence-corrected chi connectivity index (χ2v) is 8.41. The maximum absolute atomic E-state index is 12.9. The maximum atomic E-state index is 12.9. The van der Waals surface area contributed by atoms with Gasteiger partial charge in [-0.15, -0.1) is 0 Å². The number of carboxylic acid groups (broad SMARTS) is 1. The Morgan fingerprint density at radius 2 is 2.09 bits per heavy atom. The van der Waals surface area contributed by atoms with Crippen molar-refractivity contribution in [2.45, 2.75) is 37.3 Å². The summed E-state index contributed by atoms with van der Waals surface area (Å²) in [5.74, 6) is -1.10. The largest absolute Gasteiger partial charge is 0.481 e. The van der Waals surface area contributed by atoms with Crippen molar-refractivity contribution in [3.63, 3.8) is 0 Å². The molecule has 0 saturated carbocycles. The Morgan fingerprint density at radius 1 is 1.39 bits per heavy atom. The third-order valence-corrected chi connectivity index (χ3v) is 6.23. The van der Waals surface area contributed by atoms with Crippen molar-refractivity contribution < 1.29 is 22.7 Å². The van der Waals surface area contributed by atoms with Gasteiger partial charge in [-0.1, -0.05) is 18.2 Å². The van der Waals surface area contributed by atoms with Crippen molar-refractivity contribution in [2.75, 3.05) is 6.54 Å². The van der Waals surface area contributed by atoms with E-state index in [0.29, 0.717) is 12.0 Å². The highest BCUT2D eigenvalue weighted by atomic mass is 32.2. The first-order chi connectivity index (χ1) is 10.7. The number of para-hydroxylation sites is 1. The van der Waals surface area contributed by atoms with E-state index in [1.807, 2.05) is 19.9 Å². The van der Waals surface area contributed by atoms with E-state index in [9.17, 15) is 13.2 Å². The number of furan rings is 1. The van der Waals surface area contributed by atoms with Crippen LogP contribution >= 0.6 is 0 Å². The van der Waals surface area contributed by atoms with E-state index in [0.717, 1.165) is 5.39 Å². The van der Waals surface area contributed by atoms with Crippen molar-refractivity contribution >= 4 is 27.0 Å². The smallest absolute Gasteiger partial charge is 0.303 e. The number of sulfonamides is 1. The standard InChI is InChI=1S/C16H19NO5S/c1-16(2)9-11(7-14(18)19)10-17(16)23(20,21)15-8-12-5-3-4-6-13(12)22-15/h3-6,8,11H,7,9-10H2,1-2H3,(H,18,19).